The van der Waals surface area contributed by atoms with Gasteiger partial charge in [0, 0.05) is 18.4 Å². The Balaban J connectivity index is 2.87. The van der Waals surface area contributed by atoms with Crippen LogP contribution in [0.1, 0.15) is 105 Å². The first-order valence-corrected chi connectivity index (χ1v) is 15.3. The van der Waals surface area contributed by atoms with E-state index in [1.165, 1.54) is 0 Å². The van der Waals surface area contributed by atoms with Gasteiger partial charge in [-0.25, -0.2) is 8.42 Å². The third-order valence-corrected chi connectivity index (χ3v) is 8.84. The molecule has 1 heterocycles. The summed E-state index contributed by atoms with van der Waals surface area (Å²) in [4.78, 5) is 25.3. The molecule has 1 aliphatic heterocycles. The molecule has 0 aromatic carbocycles. The second kappa shape index (κ2) is 16.5. The fraction of sp³-hybridized carbons (Fsp3) is 0.923. The van der Waals surface area contributed by atoms with Gasteiger partial charge in [0.1, 0.15) is 0 Å². The van der Waals surface area contributed by atoms with Crippen LogP contribution in [0.25, 0.3) is 0 Å². The summed E-state index contributed by atoms with van der Waals surface area (Å²) in [7, 11) is -3.30. The second-order valence-corrected chi connectivity index (χ2v) is 12.8. The molecule has 3 N–H and O–H groups in total. The van der Waals surface area contributed by atoms with E-state index in [1.807, 2.05) is 0 Å². The van der Waals surface area contributed by atoms with Gasteiger partial charge in [0.05, 0.1) is 23.7 Å². The molecule has 0 aliphatic carbocycles. The van der Waals surface area contributed by atoms with Gasteiger partial charge in [-0.2, -0.15) is 0 Å². The normalized spacial score (nSPS) is 27.7. The molecule has 0 saturated carbocycles. The molecule has 1 saturated heterocycles. The number of carbonyl (C=O) groups excluding carboxylic acids is 2. The summed E-state index contributed by atoms with van der Waals surface area (Å²) < 4.78 is 25.0. The van der Waals surface area contributed by atoms with Crippen molar-refractivity contribution in [1.29, 1.82) is 0 Å². The maximum Gasteiger partial charge on any atom is 0.224 e. The zero-order valence-corrected chi connectivity index (χ0v) is 22.8. The maximum atomic E-state index is 12.9. The van der Waals surface area contributed by atoms with Crippen molar-refractivity contribution in [2.75, 3.05) is 18.1 Å². The topological polar surface area (TPSA) is 113 Å². The van der Waals surface area contributed by atoms with Gasteiger partial charge in [-0.15, -0.1) is 0 Å². The summed E-state index contributed by atoms with van der Waals surface area (Å²) in [5, 5.41) is 16.8. The molecule has 0 aromatic rings. The van der Waals surface area contributed by atoms with E-state index in [0.717, 1.165) is 57.8 Å². The molecular formula is C26H50N2O5S. The molecule has 2 amide bonds. The van der Waals surface area contributed by atoms with Crippen molar-refractivity contribution in [2.24, 2.45) is 17.8 Å². The second-order valence-electron chi connectivity index (χ2n) is 10.6. The third kappa shape index (κ3) is 13.1. The summed E-state index contributed by atoms with van der Waals surface area (Å²) in [6, 6.07) is -0.505. The van der Waals surface area contributed by atoms with Crippen LogP contribution in [-0.2, 0) is 19.4 Å². The average molecular weight is 503 g/mol. The highest BCUT2D eigenvalue weighted by Crippen LogP contribution is 2.21. The van der Waals surface area contributed by atoms with E-state index in [-0.39, 0.29) is 35.7 Å². The first-order chi connectivity index (χ1) is 16.1. The monoisotopic (exact) mass is 502 g/mol. The Morgan fingerprint density at radius 3 is 2.38 bits per heavy atom. The van der Waals surface area contributed by atoms with Crippen molar-refractivity contribution < 1.29 is 23.1 Å². The fourth-order valence-corrected chi connectivity index (χ4v) is 6.35. The van der Waals surface area contributed by atoms with Crippen LogP contribution in [0, 0.1) is 17.8 Å². The number of amides is 2. The van der Waals surface area contributed by atoms with Gasteiger partial charge in [0.15, 0.2) is 9.84 Å². The van der Waals surface area contributed by atoms with Crippen molar-refractivity contribution in [3.05, 3.63) is 0 Å². The van der Waals surface area contributed by atoms with Crippen LogP contribution in [0.5, 0.6) is 0 Å². The summed E-state index contributed by atoms with van der Waals surface area (Å²) in [6.07, 6.45) is 10.1. The molecule has 1 aliphatic rings. The average Bonchev–Trinajstić information content (AvgIpc) is 2.76. The molecule has 5 atom stereocenters. The van der Waals surface area contributed by atoms with Crippen LogP contribution in [-0.4, -0.2) is 55.5 Å². The Bertz CT molecular complexity index is 697. The standard InChI is InChI=1S/C26H50N2O5S/c1-5-6-15-27-25(30)21(3)18-24(29)23-17-20(2)14-12-10-8-7-9-11-13-16-34(32,33)19-22(4)26(31)28-23/h20-24,29H,5-19H2,1-4H3,(H,27,30)(H,28,31)/t20-,21-,22-,23+,24+/m1/s1. The van der Waals surface area contributed by atoms with Crippen LogP contribution >= 0.6 is 0 Å². The van der Waals surface area contributed by atoms with Crippen molar-refractivity contribution >= 4 is 21.7 Å². The van der Waals surface area contributed by atoms with Crippen molar-refractivity contribution in [2.45, 2.75) is 117 Å². The van der Waals surface area contributed by atoms with E-state index >= 15 is 0 Å². The summed E-state index contributed by atoms with van der Waals surface area (Å²) in [5.41, 5.74) is 0. The van der Waals surface area contributed by atoms with Crippen molar-refractivity contribution in [3.63, 3.8) is 0 Å². The van der Waals surface area contributed by atoms with E-state index in [0.29, 0.717) is 25.3 Å². The van der Waals surface area contributed by atoms with Gasteiger partial charge in [0.2, 0.25) is 11.8 Å². The highest BCUT2D eigenvalue weighted by molar-refractivity contribution is 7.91. The van der Waals surface area contributed by atoms with E-state index in [1.54, 1.807) is 13.8 Å². The van der Waals surface area contributed by atoms with E-state index in [4.69, 9.17) is 0 Å². The maximum absolute atomic E-state index is 12.9. The van der Waals surface area contributed by atoms with Crippen LogP contribution in [0.15, 0.2) is 0 Å². The summed E-state index contributed by atoms with van der Waals surface area (Å²) in [5.74, 6) is -1.23. The minimum Gasteiger partial charge on any atom is -0.391 e. The van der Waals surface area contributed by atoms with E-state index < -0.39 is 27.9 Å². The quantitative estimate of drug-likeness (QED) is 0.456. The number of sulfone groups is 1. The number of aliphatic hydroxyl groups excluding tert-OH is 1. The Hall–Kier alpha value is -1.15. The molecule has 1 fully saturated rings. The van der Waals surface area contributed by atoms with Gasteiger partial charge in [-0.3, -0.25) is 9.59 Å². The predicted molar refractivity (Wildman–Crippen MR) is 138 cm³/mol. The number of hydrogen-bond acceptors (Lipinski definition) is 5. The van der Waals surface area contributed by atoms with E-state index in [9.17, 15) is 23.1 Å². The zero-order valence-electron chi connectivity index (χ0n) is 22.0. The number of unbranched alkanes of at least 4 members (excludes halogenated alkanes) is 1. The number of carbonyl (C=O) groups is 2. The number of nitrogens with one attached hydrogen (secondary N) is 2. The molecule has 0 radical (unpaired) electrons. The largest absolute Gasteiger partial charge is 0.391 e. The van der Waals surface area contributed by atoms with Crippen LogP contribution < -0.4 is 10.6 Å². The lowest BCUT2D eigenvalue weighted by atomic mass is 9.89. The molecule has 0 aromatic heterocycles. The molecule has 0 bridgehead atoms. The minimum atomic E-state index is -3.30. The molecule has 0 unspecified atom stereocenters. The smallest absolute Gasteiger partial charge is 0.224 e. The number of rotatable bonds is 7. The Labute approximate surface area is 208 Å². The summed E-state index contributed by atoms with van der Waals surface area (Å²) >= 11 is 0. The van der Waals surface area contributed by atoms with Crippen LogP contribution in [0.4, 0.5) is 0 Å². The molecule has 0 spiro atoms. The molecule has 7 nitrogen and oxygen atoms in total. The van der Waals surface area contributed by atoms with Crippen LogP contribution in [0.2, 0.25) is 0 Å². The zero-order chi connectivity index (χ0) is 25.6. The number of aliphatic hydroxyl groups is 1. The first-order valence-electron chi connectivity index (χ1n) is 13.5. The van der Waals surface area contributed by atoms with E-state index in [2.05, 4.69) is 24.5 Å². The summed E-state index contributed by atoms with van der Waals surface area (Å²) in [6.45, 7) is 8.25. The van der Waals surface area contributed by atoms with Crippen molar-refractivity contribution in [1.82, 2.24) is 10.6 Å². The molecule has 8 heteroatoms. The SMILES string of the molecule is CCCCNC(=O)[C@H](C)C[C@H](O)[C@@H]1C[C@H](C)CCCCCCCCCS(=O)(=O)C[C@@H](C)C(=O)N1. The minimum absolute atomic E-state index is 0.0874. The molecule has 34 heavy (non-hydrogen) atoms. The van der Waals surface area contributed by atoms with Gasteiger partial charge in [-0.1, -0.05) is 79.1 Å². The Kier molecular flexibility index (Phi) is 15.0. The Morgan fingerprint density at radius 2 is 1.74 bits per heavy atom. The molecule has 200 valence electrons. The lowest BCUT2D eigenvalue weighted by Gasteiger charge is -2.29. The first kappa shape index (κ1) is 30.9. The number of hydrogen-bond donors (Lipinski definition) is 3. The predicted octanol–water partition coefficient (Wildman–Crippen LogP) is 3.99. The van der Waals surface area contributed by atoms with Gasteiger partial charge in [0.25, 0.3) is 0 Å². The highest BCUT2D eigenvalue weighted by Gasteiger charge is 2.29. The van der Waals surface area contributed by atoms with Crippen molar-refractivity contribution in [3.8, 4) is 0 Å². The third-order valence-electron chi connectivity index (χ3n) is 6.92. The highest BCUT2D eigenvalue weighted by atomic mass is 32.2. The van der Waals surface area contributed by atoms with Crippen LogP contribution in [0.3, 0.4) is 0 Å². The molecular weight excluding hydrogens is 452 g/mol. The lowest BCUT2D eigenvalue weighted by Crippen LogP contribution is -2.48. The van der Waals surface area contributed by atoms with Gasteiger partial charge < -0.3 is 15.7 Å². The lowest BCUT2D eigenvalue weighted by molar-refractivity contribution is -0.126. The van der Waals surface area contributed by atoms with Gasteiger partial charge >= 0.3 is 0 Å². The fourth-order valence-electron chi connectivity index (χ4n) is 4.62. The Morgan fingerprint density at radius 1 is 1.12 bits per heavy atom. The molecule has 1 rings (SSSR count). The van der Waals surface area contributed by atoms with Gasteiger partial charge in [-0.05, 0) is 31.6 Å².